The lowest BCUT2D eigenvalue weighted by Crippen LogP contribution is -2.42. The van der Waals surface area contributed by atoms with Crippen LogP contribution in [0.3, 0.4) is 0 Å². The number of likely N-dealkylation sites (tertiary alicyclic amines) is 1. The second-order valence-electron chi connectivity index (χ2n) is 9.40. The molecule has 2 aromatic carbocycles. The number of carbonyl (C=O) groups is 1. The number of furan rings is 1. The first-order valence-corrected chi connectivity index (χ1v) is 11.6. The lowest BCUT2D eigenvalue weighted by atomic mass is 9.88. The van der Waals surface area contributed by atoms with Crippen LogP contribution < -0.4 is 0 Å². The van der Waals surface area contributed by atoms with Gasteiger partial charge in [-0.2, -0.15) is 0 Å². The Labute approximate surface area is 191 Å². The zero-order chi connectivity index (χ0) is 22.7. The predicted octanol–water partition coefficient (Wildman–Crippen LogP) is 5.66. The van der Waals surface area contributed by atoms with E-state index >= 15 is 0 Å². The summed E-state index contributed by atoms with van der Waals surface area (Å²) >= 11 is 0. The molecular formula is C28H34N2O2. The molecule has 1 aliphatic rings. The molecule has 1 aliphatic heterocycles. The highest BCUT2D eigenvalue weighted by molar-refractivity contribution is 5.94. The van der Waals surface area contributed by atoms with E-state index in [0.29, 0.717) is 11.8 Å². The van der Waals surface area contributed by atoms with E-state index < -0.39 is 0 Å². The molecule has 0 N–H and O–H groups in total. The molecule has 3 aromatic rings. The van der Waals surface area contributed by atoms with Gasteiger partial charge in [-0.3, -0.25) is 9.69 Å². The Morgan fingerprint density at radius 3 is 2.34 bits per heavy atom. The van der Waals surface area contributed by atoms with Gasteiger partial charge in [-0.15, -0.1) is 0 Å². The van der Waals surface area contributed by atoms with E-state index in [0.717, 1.165) is 43.3 Å². The first kappa shape index (κ1) is 22.3. The fourth-order valence-corrected chi connectivity index (χ4v) is 4.78. The highest BCUT2D eigenvalue weighted by atomic mass is 16.3. The van der Waals surface area contributed by atoms with Crippen molar-refractivity contribution in [2.24, 2.45) is 5.92 Å². The number of hydrogen-bond donors (Lipinski definition) is 0. The Bertz CT molecular complexity index is 1020. The molecule has 32 heavy (non-hydrogen) atoms. The molecule has 0 spiro atoms. The van der Waals surface area contributed by atoms with Gasteiger partial charge in [0.15, 0.2) is 0 Å². The summed E-state index contributed by atoms with van der Waals surface area (Å²) in [7, 11) is 0. The van der Waals surface area contributed by atoms with Gasteiger partial charge in [0.05, 0.1) is 6.54 Å². The summed E-state index contributed by atoms with van der Waals surface area (Å²) in [5, 5.41) is 0. The van der Waals surface area contributed by atoms with Crippen molar-refractivity contribution in [3.05, 3.63) is 94.9 Å². The van der Waals surface area contributed by atoms with Crippen LogP contribution in [0.15, 0.2) is 71.1 Å². The average Bonchev–Trinajstić information content (AvgIpc) is 3.38. The molecule has 0 bridgehead atoms. The molecule has 0 unspecified atom stereocenters. The lowest BCUT2D eigenvalue weighted by Gasteiger charge is -2.32. The van der Waals surface area contributed by atoms with Crippen LogP contribution in [0.4, 0.5) is 0 Å². The van der Waals surface area contributed by atoms with Crippen LogP contribution >= 0.6 is 0 Å². The molecule has 0 saturated carbocycles. The van der Waals surface area contributed by atoms with Crippen LogP contribution in [0.5, 0.6) is 0 Å². The van der Waals surface area contributed by atoms with Gasteiger partial charge in [-0.05, 0) is 63.4 Å². The molecule has 1 saturated heterocycles. The number of amides is 1. The summed E-state index contributed by atoms with van der Waals surface area (Å²) in [4.78, 5) is 17.8. The summed E-state index contributed by atoms with van der Waals surface area (Å²) in [6, 6.07) is 22.8. The van der Waals surface area contributed by atoms with E-state index in [1.54, 1.807) is 0 Å². The number of aryl methyl sites for hydroxylation is 2. The van der Waals surface area contributed by atoms with Crippen molar-refractivity contribution in [3.8, 4) is 0 Å². The quantitative estimate of drug-likeness (QED) is 0.485. The van der Waals surface area contributed by atoms with E-state index in [-0.39, 0.29) is 11.9 Å². The van der Waals surface area contributed by atoms with Gasteiger partial charge in [-0.25, -0.2) is 0 Å². The molecule has 2 atom stereocenters. The highest BCUT2D eigenvalue weighted by Gasteiger charge is 2.36. The van der Waals surface area contributed by atoms with Gasteiger partial charge in [0.25, 0.3) is 5.91 Å². The van der Waals surface area contributed by atoms with Crippen LogP contribution in [-0.4, -0.2) is 41.4 Å². The maximum atomic E-state index is 13.3. The molecule has 0 radical (unpaired) electrons. The SMILES string of the molecule is Cc1ccc([C@H]2CN(Cc3ccc(C)o3)C[C@@H]2CN(C(=O)c2ccccc2)C(C)C)cc1. The molecule has 2 heterocycles. The fourth-order valence-electron chi connectivity index (χ4n) is 4.78. The van der Waals surface area contributed by atoms with Crippen molar-refractivity contribution in [1.82, 2.24) is 9.80 Å². The zero-order valence-corrected chi connectivity index (χ0v) is 19.6. The van der Waals surface area contributed by atoms with Crippen LogP contribution in [0.1, 0.15) is 52.8 Å². The predicted molar refractivity (Wildman–Crippen MR) is 129 cm³/mol. The third kappa shape index (κ3) is 5.13. The third-order valence-corrected chi connectivity index (χ3v) is 6.53. The second kappa shape index (κ2) is 9.74. The Hall–Kier alpha value is -2.85. The van der Waals surface area contributed by atoms with E-state index in [9.17, 15) is 4.79 Å². The highest BCUT2D eigenvalue weighted by Crippen LogP contribution is 2.35. The molecule has 1 amide bonds. The molecule has 1 fully saturated rings. The van der Waals surface area contributed by atoms with Gasteiger partial charge in [0.1, 0.15) is 11.5 Å². The van der Waals surface area contributed by atoms with Crippen LogP contribution in [0.25, 0.3) is 0 Å². The minimum absolute atomic E-state index is 0.114. The van der Waals surface area contributed by atoms with Crippen LogP contribution in [-0.2, 0) is 6.54 Å². The molecule has 4 rings (SSSR count). The standard InChI is InChI=1S/C28H34N2O2/c1-20(2)30(28(31)24-8-6-5-7-9-24)17-25-16-29(18-26-15-12-22(4)32-26)19-27(25)23-13-10-21(3)11-14-23/h5-15,20,25,27H,16-19H2,1-4H3/t25-,27-/m1/s1. The minimum atomic E-state index is 0.114. The topological polar surface area (TPSA) is 36.7 Å². The molecule has 1 aromatic heterocycles. The summed E-state index contributed by atoms with van der Waals surface area (Å²) in [5.41, 5.74) is 3.39. The number of nitrogens with zero attached hydrogens (tertiary/aromatic N) is 2. The monoisotopic (exact) mass is 430 g/mol. The Balaban J connectivity index is 1.57. The summed E-state index contributed by atoms with van der Waals surface area (Å²) in [5.74, 6) is 2.82. The molecule has 168 valence electrons. The maximum absolute atomic E-state index is 13.3. The maximum Gasteiger partial charge on any atom is 0.254 e. The second-order valence-corrected chi connectivity index (χ2v) is 9.40. The molecule has 4 nitrogen and oxygen atoms in total. The fraction of sp³-hybridized carbons (Fsp3) is 0.393. The minimum Gasteiger partial charge on any atom is -0.465 e. The first-order chi connectivity index (χ1) is 15.4. The summed E-state index contributed by atoms with van der Waals surface area (Å²) in [6.07, 6.45) is 0. The van der Waals surface area contributed by atoms with Crippen LogP contribution in [0.2, 0.25) is 0 Å². The van der Waals surface area contributed by atoms with Crippen molar-refractivity contribution >= 4 is 5.91 Å². The van der Waals surface area contributed by atoms with Crippen LogP contribution in [0, 0.1) is 19.8 Å². The summed E-state index contributed by atoms with van der Waals surface area (Å²) < 4.78 is 5.85. The molecular weight excluding hydrogens is 396 g/mol. The largest absolute Gasteiger partial charge is 0.465 e. The van der Waals surface area contributed by atoms with E-state index in [2.05, 4.69) is 56.0 Å². The number of carbonyl (C=O) groups excluding carboxylic acids is 1. The van der Waals surface area contributed by atoms with Gasteiger partial charge >= 0.3 is 0 Å². The van der Waals surface area contributed by atoms with Gasteiger partial charge < -0.3 is 9.32 Å². The van der Waals surface area contributed by atoms with Gasteiger partial charge in [0.2, 0.25) is 0 Å². The third-order valence-electron chi connectivity index (χ3n) is 6.53. The molecule has 4 heteroatoms. The molecule has 0 aliphatic carbocycles. The summed E-state index contributed by atoms with van der Waals surface area (Å²) in [6.45, 7) is 11.8. The number of hydrogen-bond acceptors (Lipinski definition) is 3. The average molecular weight is 431 g/mol. The smallest absolute Gasteiger partial charge is 0.254 e. The van der Waals surface area contributed by atoms with Crippen molar-refractivity contribution in [1.29, 1.82) is 0 Å². The number of benzene rings is 2. The Morgan fingerprint density at radius 2 is 1.72 bits per heavy atom. The van der Waals surface area contributed by atoms with Crippen molar-refractivity contribution in [2.45, 2.75) is 46.2 Å². The normalized spacial score (nSPS) is 18.9. The van der Waals surface area contributed by atoms with Gasteiger partial charge in [0, 0.05) is 37.2 Å². The number of rotatable bonds is 7. The first-order valence-electron chi connectivity index (χ1n) is 11.6. The van der Waals surface area contributed by atoms with E-state index in [4.69, 9.17) is 4.42 Å². The van der Waals surface area contributed by atoms with E-state index in [1.807, 2.05) is 48.2 Å². The zero-order valence-electron chi connectivity index (χ0n) is 19.6. The van der Waals surface area contributed by atoms with Crippen molar-refractivity contribution in [3.63, 3.8) is 0 Å². The van der Waals surface area contributed by atoms with E-state index in [1.165, 1.54) is 11.1 Å². The lowest BCUT2D eigenvalue weighted by molar-refractivity contribution is 0.0668. The Kier molecular flexibility index (Phi) is 6.80. The van der Waals surface area contributed by atoms with Gasteiger partial charge in [-0.1, -0.05) is 48.0 Å². The van der Waals surface area contributed by atoms with Crippen molar-refractivity contribution < 1.29 is 9.21 Å². The Morgan fingerprint density at radius 1 is 1.00 bits per heavy atom. The van der Waals surface area contributed by atoms with Crippen molar-refractivity contribution in [2.75, 3.05) is 19.6 Å².